The molecule has 2 aliphatic heterocycles. The van der Waals surface area contributed by atoms with Gasteiger partial charge < -0.3 is 24.6 Å². The lowest BCUT2D eigenvalue weighted by Crippen LogP contribution is -2.47. The van der Waals surface area contributed by atoms with Crippen LogP contribution in [0.15, 0.2) is 66.9 Å². The number of nitrogens with one attached hydrogen (secondary N) is 1. The van der Waals surface area contributed by atoms with Crippen LogP contribution in [0, 0.1) is 5.92 Å². The minimum absolute atomic E-state index is 0.274. The molecule has 0 aliphatic carbocycles. The summed E-state index contributed by atoms with van der Waals surface area (Å²) in [5.74, 6) is 1.28. The Balaban J connectivity index is 1.10. The van der Waals surface area contributed by atoms with E-state index < -0.39 is 11.3 Å². The van der Waals surface area contributed by atoms with Crippen molar-refractivity contribution in [1.82, 2.24) is 28.7 Å². The summed E-state index contributed by atoms with van der Waals surface area (Å²) in [7, 11) is 3.77. The summed E-state index contributed by atoms with van der Waals surface area (Å²) < 4.78 is 26.0. The lowest BCUT2D eigenvalue weighted by molar-refractivity contribution is 0.129. The first-order chi connectivity index (χ1) is 20.4. The topological polar surface area (TPSA) is 95.3 Å². The molecule has 0 saturated carbocycles. The van der Waals surface area contributed by atoms with Gasteiger partial charge >= 0.3 is 0 Å². The number of benzene rings is 2. The molecule has 4 aromatic rings. The second kappa shape index (κ2) is 12.9. The number of nitrogens with zero attached hydrogens (tertiary/aromatic N) is 7. The Labute approximate surface area is 250 Å². The number of piperidine rings is 1. The first-order valence-electron chi connectivity index (χ1n) is 14.7. The van der Waals surface area contributed by atoms with Crippen LogP contribution < -0.4 is 10.2 Å². The molecule has 2 aliphatic rings. The van der Waals surface area contributed by atoms with E-state index in [4.69, 9.17) is 5.10 Å². The van der Waals surface area contributed by atoms with Crippen LogP contribution in [0.4, 0.5) is 17.3 Å². The first kappa shape index (κ1) is 28.8. The van der Waals surface area contributed by atoms with Crippen molar-refractivity contribution in [2.75, 3.05) is 70.1 Å². The molecule has 1 unspecified atom stereocenters. The first-order valence-corrected chi connectivity index (χ1v) is 15.7. The Hall–Kier alpha value is -3.35. The predicted molar refractivity (Wildman–Crippen MR) is 167 cm³/mol. The van der Waals surface area contributed by atoms with Gasteiger partial charge in [-0.1, -0.05) is 24.3 Å². The number of likely N-dealkylation sites (N-methyl/N-ethyl adjacent to an activating group) is 1. The zero-order chi connectivity index (χ0) is 29.1. The van der Waals surface area contributed by atoms with E-state index in [0.29, 0.717) is 5.95 Å². The Kier molecular flexibility index (Phi) is 8.82. The minimum atomic E-state index is -2.29. The van der Waals surface area contributed by atoms with E-state index in [1.165, 1.54) is 55.6 Å². The summed E-state index contributed by atoms with van der Waals surface area (Å²) in [6.45, 7) is 8.48. The van der Waals surface area contributed by atoms with Gasteiger partial charge in [0.2, 0.25) is 5.95 Å². The highest BCUT2D eigenvalue weighted by Gasteiger charge is 2.23. The average molecular weight is 588 g/mol. The summed E-state index contributed by atoms with van der Waals surface area (Å²) in [5, 5.41) is 8.13. The molecular weight excluding hydrogens is 548 g/mol. The molecular formula is C31H39N8O2S-. The number of aromatic nitrogens is 3. The van der Waals surface area contributed by atoms with Gasteiger partial charge in [0.1, 0.15) is 0 Å². The van der Waals surface area contributed by atoms with Crippen LogP contribution in [0.5, 0.6) is 0 Å². The van der Waals surface area contributed by atoms with Crippen LogP contribution in [0.2, 0.25) is 0 Å². The fourth-order valence-electron chi connectivity index (χ4n) is 6.02. The molecule has 0 radical (unpaired) electrons. The van der Waals surface area contributed by atoms with Crippen molar-refractivity contribution in [3.8, 4) is 11.3 Å². The number of hydrogen-bond donors (Lipinski definition) is 1. The molecule has 222 valence electrons. The maximum Gasteiger partial charge on any atom is 0.245 e. The molecule has 1 N–H and O–H groups in total. The largest absolute Gasteiger partial charge is 0.760 e. The van der Waals surface area contributed by atoms with Crippen molar-refractivity contribution < 1.29 is 8.76 Å². The van der Waals surface area contributed by atoms with Crippen LogP contribution in [0.25, 0.3) is 16.8 Å². The van der Waals surface area contributed by atoms with Gasteiger partial charge in [-0.05, 0) is 74.8 Å². The van der Waals surface area contributed by atoms with Crippen molar-refractivity contribution in [3.63, 3.8) is 0 Å². The van der Waals surface area contributed by atoms with Gasteiger partial charge in [0.15, 0.2) is 0 Å². The second-order valence-electron chi connectivity index (χ2n) is 11.5. The van der Waals surface area contributed by atoms with Gasteiger partial charge in [0.05, 0.1) is 17.4 Å². The number of fused-ring (bicyclic) bond motifs is 1. The normalized spacial score (nSPS) is 18.1. The zero-order valence-electron chi connectivity index (χ0n) is 24.4. The fraction of sp³-hybridized carbons (Fsp3) is 0.419. The molecule has 4 heterocycles. The molecule has 2 saturated heterocycles. The lowest BCUT2D eigenvalue weighted by Gasteiger charge is -2.38. The molecule has 2 fully saturated rings. The van der Waals surface area contributed by atoms with Gasteiger partial charge in [0.25, 0.3) is 0 Å². The van der Waals surface area contributed by atoms with E-state index in [1.54, 1.807) is 13.2 Å². The van der Waals surface area contributed by atoms with Gasteiger partial charge in [-0.15, -0.1) is 5.10 Å². The summed E-state index contributed by atoms with van der Waals surface area (Å²) >= 11 is -2.29. The lowest BCUT2D eigenvalue weighted by atomic mass is 9.95. The van der Waals surface area contributed by atoms with Crippen LogP contribution in [0.1, 0.15) is 18.4 Å². The third-order valence-corrected chi connectivity index (χ3v) is 9.19. The van der Waals surface area contributed by atoms with Crippen LogP contribution in [-0.2, 0) is 17.8 Å². The molecule has 2 aromatic carbocycles. The molecule has 0 bridgehead atoms. The Bertz CT molecular complexity index is 1510. The van der Waals surface area contributed by atoms with E-state index in [1.807, 2.05) is 40.9 Å². The molecule has 1 atom stereocenters. The molecule has 0 amide bonds. The zero-order valence-corrected chi connectivity index (χ0v) is 25.2. The van der Waals surface area contributed by atoms with Crippen LogP contribution in [-0.4, -0.2) is 97.4 Å². The van der Waals surface area contributed by atoms with Crippen LogP contribution in [0.3, 0.4) is 0 Å². The highest BCUT2D eigenvalue weighted by atomic mass is 32.2. The monoisotopic (exact) mass is 587 g/mol. The summed E-state index contributed by atoms with van der Waals surface area (Å²) in [4.78, 5) is 12.1. The molecule has 42 heavy (non-hydrogen) atoms. The van der Waals surface area contributed by atoms with E-state index in [2.05, 4.69) is 56.3 Å². The minimum Gasteiger partial charge on any atom is -0.760 e. The average Bonchev–Trinajstić information content (AvgIpc) is 3.42. The maximum absolute atomic E-state index is 11.4. The van der Waals surface area contributed by atoms with Gasteiger partial charge in [-0.25, -0.2) is 13.8 Å². The highest BCUT2D eigenvalue weighted by molar-refractivity contribution is 7.76. The molecule has 2 aromatic heterocycles. The highest BCUT2D eigenvalue weighted by Crippen LogP contribution is 2.28. The second-order valence-corrected chi connectivity index (χ2v) is 12.6. The third kappa shape index (κ3) is 6.66. The predicted octanol–water partition coefficient (Wildman–Crippen LogP) is 3.83. The quantitative estimate of drug-likeness (QED) is 0.296. The van der Waals surface area contributed by atoms with Gasteiger partial charge in [-0.3, -0.25) is 4.21 Å². The van der Waals surface area contributed by atoms with E-state index in [9.17, 15) is 8.76 Å². The van der Waals surface area contributed by atoms with Crippen molar-refractivity contribution in [1.29, 1.82) is 0 Å². The summed E-state index contributed by atoms with van der Waals surface area (Å²) in [6.07, 6.45) is 4.28. The van der Waals surface area contributed by atoms with Crippen molar-refractivity contribution >= 4 is 34.1 Å². The number of hydrogen-bond acceptors (Lipinski definition) is 8. The molecule has 6 rings (SSSR count). The van der Waals surface area contributed by atoms with Crippen molar-refractivity contribution in [2.24, 2.45) is 5.92 Å². The molecule has 10 nitrogen and oxygen atoms in total. The molecule has 11 heteroatoms. The Morgan fingerprint density at radius 1 is 0.976 bits per heavy atom. The summed E-state index contributed by atoms with van der Waals surface area (Å²) in [6, 6.07) is 20.3. The van der Waals surface area contributed by atoms with Gasteiger partial charge in [-0.2, -0.15) is 0 Å². The number of piperazine rings is 1. The SMILES string of the molecule is CN1CCN(CC2CCN(c3ccc(Nc4ncc5ccc(-c6ccccc6CN(C)S(=O)[O-])n5n4)cc3)CC2)CC1. The molecule has 0 spiro atoms. The van der Waals surface area contributed by atoms with E-state index >= 15 is 0 Å². The standard InChI is InChI=1S/C31H40N8O2S/c1-35-17-19-37(20-18-35)22-24-13-15-38(16-14-24)27-9-7-26(8-10-27)33-31-32-21-28-11-12-30(39(28)34-31)29-6-4-3-5-25(29)23-36(2)42(40)41/h3-12,21,24H,13-20,22-23H2,1-2H3,(H,33,34)(H,40,41)/p-1. The Morgan fingerprint density at radius 2 is 1.71 bits per heavy atom. The number of rotatable bonds is 9. The number of anilines is 3. The van der Waals surface area contributed by atoms with E-state index in [-0.39, 0.29) is 6.54 Å². The fourth-order valence-corrected chi connectivity index (χ4v) is 6.26. The van der Waals surface area contributed by atoms with Crippen LogP contribution >= 0.6 is 0 Å². The maximum atomic E-state index is 11.4. The van der Waals surface area contributed by atoms with Crippen molar-refractivity contribution in [3.05, 3.63) is 72.4 Å². The van der Waals surface area contributed by atoms with Gasteiger partial charge in [0, 0.05) is 80.6 Å². The summed E-state index contributed by atoms with van der Waals surface area (Å²) in [5.41, 5.74) is 5.74. The smallest absolute Gasteiger partial charge is 0.245 e. The third-order valence-electron chi connectivity index (χ3n) is 8.55. The van der Waals surface area contributed by atoms with Crippen molar-refractivity contribution in [2.45, 2.75) is 19.4 Å². The Morgan fingerprint density at radius 3 is 2.45 bits per heavy atom. The van der Waals surface area contributed by atoms with E-state index in [0.717, 1.165) is 47.0 Å².